The lowest BCUT2D eigenvalue weighted by atomic mass is 9.81. The number of ether oxygens (including phenoxy) is 1. The van der Waals surface area contributed by atoms with Crippen LogP contribution in [-0.2, 0) is 16.8 Å². The van der Waals surface area contributed by atoms with Crippen LogP contribution in [0.1, 0.15) is 25.0 Å². The monoisotopic (exact) mass is 162 g/mol. The van der Waals surface area contributed by atoms with Crippen molar-refractivity contribution < 1.29 is 4.74 Å². The molecule has 0 aromatic heterocycles. The molecule has 64 valence electrons. The lowest BCUT2D eigenvalue weighted by Crippen LogP contribution is -2.30. The van der Waals surface area contributed by atoms with Gasteiger partial charge in [-0.1, -0.05) is 38.1 Å². The van der Waals surface area contributed by atoms with Crippen molar-refractivity contribution in [1.82, 2.24) is 0 Å². The van der Waals surface area contributed by atoms with Crippen LogP contribution < -0.4 is 0 Å². The fourth-order valence-corrected chi connectivity index (χ4v) is 1.80. The average Bonchev–Trinajstić information content (AvgIpc) is 2.04. The maximum Gasteiger partial charge on any atom is 0.0720 e. The maximum atomic E-state index is 5.51. The Balaban J connectivity index is 2.52. The average molecular weight is 162 g/mol. The van der Waals surface area contributed by atoms with Gasteiger partial charge in [-0.25, -0.2) is 0 Å². The molecular formula is C11H14O. The van der Waals surface area contributed by atoms with E-state index in [1.54, 1.807) is 0 Å². The molecule has 12 heavy (non-hydrogen) atoms. The Bertz CT molecular complexity index is 289. The minimum atomic E-state index is 0.189. The zero-order chi connectivity index (χ0) is 8.60. The molecule has 0 atom stereocenters. The summed E-state index contributed by atoms with van der Waals surface area (Å²) in [6, 6.07) is 8.53. The molecule has 1 aliphatic heterocycles. The summed E-state index contributed by atoms with van der Waals surface area (Å²) in [5.74, 6) is 0. The Morgan fingerprint density at radius 3 is 2.75 bits per heavy atom. The van der Waals surface area contributed by atoms with E-state index in [-0.39, 0.29) is 5.41 Å². The van der Waals surface area contributed by atoms with Gasteiger partial charge >= 0.3 is 0 Å². The first kappa shape index (κ1) is 7.81. The smallest absolute Gasteiger partial charge is 0.0720 e. The van der Waals surface area contributed by atoms with Crippen molar-refractivity contribution in [2.45, 2.75) is 25.9 Å². The molecule has 0 fully saturated rings. The number of benzene rings is 1. The van der Waals surface area contributed by atoms with Gasteiger partial charge in [0.25, 0.3) is 0 Å². The third-order valence-corrected chi connectivity index (χ3v) is 2.47. The highest BCUT2D eigenvalue weighted by Gasteiger charge is 2.27. The van der Waals surface area contributed by atoms with Crippen molar-refractivity contribution in [3.8, 4) is 0 Å². The zero-order valence-electron chi connectivity index (χ0n) is 7.63. The minimum absolute atomic E-state index is 0.189. The van der Waals surface area contributed by atoms with E-state index in [4.69, 9.17) is 4.74 Å². The topological polar surface area (TPSA) is 9.23 Å². The van der Waals surface area contributed by atoms with Gasteiger partial charge in [0, 0.05) is 5.41 Å². The first-order valence-corrected chi connectivity index (χ1v) is 4.36. The fraction of sp³-hybridized carbons (Fsp3) is 0.455. The summed E-state index contributed by atoms with van der Waals surface area (Å²) in [7, 11) is 0. The molecule has 0 saturated carbocycles. The summed E-state index contributed by atoms with van der Waals surface area (Å²) in [6.07, 6.45) is 0. The zero-order valence-corrected chi connectivity index (χ0v) is 7.63. The van der Waals surface area contributed by atoms with Crippen LogP contribution >= 0.6 is 0 Å². The standard InChI is InChI=1S/C11H14O/c1-11(2)8-12-7-9-5-3-4-6-10(9)11/h3-6H,7-8H2,1-2H3. The molecule has 1 aliphatic rings. The van der Waals surface area contributed by atoms with E-state index in [1.807, 2.05) is 0 Å². The van der Waals surface area contributed by atoms with E-state index in [0.717, 1.165) is 13.2 Å². The van der Waals surface area contributed by atoms with Crippen molar-refractivity contribution in [3.05, 3.63) is 35.4 Å². The number of fused-ring (bicyclic) bond motifs is 1. The van der Waals surface area contributed by atoms with Gasteiger partial charge < -0.3 is 4.74 Å². The second kappa shape index (κ2) is 2.60. The highest BCUT2D eigenvalue weighted by molar-refractivity contribution is 5.34. The third-order valence-electron chi connectivity index (χ3n) is 2.47. The summed E-state index contributed by atoms with van der Waals surface area (Å²) in [5.41, 5.74) is 2.97. The predicted octanol–water partition coefficient (Wildman–Crippen LogP) is 2.49. The molecule has 0 unspecified atom stereocenters. The van der Waals surface area contributed by atoms with Gasteiger partial charge in [-0.2, -0.15) is 0 Å². The lowest BCUT2D eigenvalue weighted by molar-refractivity contribution is 0.0642. The summed E-state index contributed by atoms with van der Waals surface area (Å²) in [5, 5.41) is 0. The molecule has 0 spiro atoms. The Kier molecular flexibility index (Phi) is 1.69. The van der Waals surface area contributed by atoms with Gasteiger partial charge in [-0.3, -0.25) is 0 Å². The van der Waals surface area contributed by atoms with Crippen LogP contribution in [0.2, 0.25) is 0 Å². The van der Waals surface area contributed by atoms with Crippen molar-refractivity contribution in [2.24, 2.45) is 0 Å². The maximum absolute atomic E-state index is 5.51. The largest absolute Gasteiger partial charge is 0.376 e. The van der Waals surface area contributed by atoms with Gasteiger partial charge in [0.05, 0.1) is 13.2 Å². The Morgan fingerprint density at radius 1 is 1.25 bits per heavy atom. The molecule has 0 bridgehead atoms. The first-order valence-electron chi connectivity index (χ1n) is 4.36. The van der Waals surface area contributed by atoms with Gasteiger partial charge in [-0.15, -0.1) is 0 Å². The molecular weight excluding hydrogens is 148 g/mol. The van der Waals surface area contributed by atoms with E-state index in [9.17, 15) is 0 Å². The van der Waals surface area contributed by atoms with Crippen LogP contribution in [0.15, 0.2) is 24.3 Å². The molecule has 0 aliphatic carbocycles. The van der Waals surface area contributed by atoms with Crippen LogP contribution in [0.25, 0.3) is 0 Å². The molecule has 0 amide bonds. The van der Waals surface area contributed by atoms with E-state index >= 15 is 0 Å². The van der Waals surface area contributed by atoms with Crippen molar-refractivity contribution in [1.29, 1.82) is 0 Å². The summed E-state index contributed by atoms with van der Waals surface area (Å²) >= 11 is 0. The molecule has 0 radical (unpaired) electrons. The highest BCUT2D eigenvalue weighted by atomic mass is 16.5. The van der Waals surface area contributed by atoms with Gasteiger partial charge in [0.15, 0.2) is 0 Å². The van der Waals surface area contributed by atoms with E-state index in [0.29, 0.717) is 0 Å². The molecule has 1 nitrogen and oxygen atoms in total. The van der Waals surface area contributed by atoms with E-state index in [1.165, 1.54) is 11.1 Å². The Hall–Kier alpha value is -0.820. The fourth-order valence-electron chi connectivity index (χ4n) is 1.80. The third kappa shape index (κ3) is 1.14. The Morgan fingerprint density at radius 2 is 2.00 bits per heavy atom. The Labute approximate surface area is 73.4 Å². The first-order chi connectivity index (χ1) is 5.70. The van der Waals surface area contributed by atoms with E-state index < -0.39 is 0 Å². The second-order valence-electron chi connectivity index (χ2n) is 4.03. The molecule has 1 heteroatoms. The number of hydrogen-bond acceptors (Lipinski definition) is 1. The SMILES string of the molecule is CC1(C)COCc2ccccc21. The second-order valence-corrected chi connectivity index (χ2v) is 4.03. The quantitative estimate of drug-likeness (QED) is 0.569. The van der Waals surface area contributed by atoms with Crippen LogP contribution in [0.4, 0.5) is 0 Å². The van der Waals surface area contributed by atoms with Crippen LogP contribution in [0.3, 0.4) is 0 Å². The minimum Gasteiger partial charge on any atom is -0.376 e. The van der Waals surface area contributed by atoms with Crippen LogP contribution in [0.5, 0.6) is 0 Å². The van der Waals surface area contributed by atoms with E-state index in [2.05, 4.69) is 38.1 Å². The lowest BCUT2D eigenvalue weighted by Gasteiger charge is -2.32. The molecule has 2 rings (SSSR count). The predicted molar refractivity (Wildman–Crippen MR) is 49.1 cm³/mol. The van der Waals surface area contributed by atoms with Crippen LogP contribution in [-0.4, -0.2) is 6.61 Å². The molecule has 1 heterocycles. The van der Waals surface area contributed by atoms with Gasteiger partial charge in [0.2, 0.25) is 0 Å². The molecule has 0 saturated heterocycles. The molecule has 0 N–H and O–H groups in total. The number of rotatable bonds is 0. The van der Waals surface area contributed by atoms with Crippen molar-refractivity contribution in [2.75, 3.05) is 6.61 Å². The summed E-state index contributed by atoms with van der Waals surface area (Å²) < 4.78 is 5.51. The number of hydrogen-bond donors (Lipinski definition) is 0. The van der Waals surface area contributed by atoms with Gasteiger partial charge in [-0.05, 0) is 11.1 Å². The highest BCUT2D eigenvalue weighted by Crippen LogP contribution is 2.31. The normalized spacial score (nSPS) is 20.2. The van der Waals surface area contributed by atoms with Crippen LogP contribution in [0, 0.1) is 0 Å². The van der Waals surface area contributed by atoms with Crippen molar-refractivity contribution in [3.63, 3.8) is 0 Å². The molecule has 1 aromatic carbocycles. The molecule has 1 aromatic rings. The summed E-state index contributed by atoms with van der Waals surface area (Å²) in [4.78, 5) is 0. The summed E-state index contributed by atoms with van der Waals surface area (Å²) in [6.45, 7) is 6.07. The van der Waals surface area contributed by atoms with Gasteiger partial charge in [0.1, 0.15) is 0 Å². The van der Waals surface area contributed by atoms with Crippen molar-refractivity contribution >= 4 is 0 Å².